The second-order valence-corrected chi connectivity index (χ2v) is 5.76. The molecule has 116 valence electrons. The second-order valence-electron chi connectivity index (χ2n) is 5.76. The van der Waals surface area contributed by atoms with Crippen LogP contribution in [0.3, 0.4) is 0 Å². The van der Waals surface area contributed by atoms with E-state index in [0.717, 1.165) is 12.8 Å². The number of urea groups is 1. The lowest BCUT2D eigenvalue weighted by atomic mass is 9.86. The van der Waals surface area contributed by atoms with Crippen molar-refractivity contribution < 1.29 is 19.4 Å². The Hall–Kier alpha value is -1.30. The van der Waals surface area contributed by atoms with Gasteiger partial charge in [0.05, 0.1) is 12.0 Å². The van der Waals surface area contributed by atoms with Gasteiger partial charge in [0.15, 0.2) is 0 Å². The third-order valence-corrected chi connectivity index (χ3v) is 3.92. The molecule has 2 amide bonds. The highest BCUT2D eigenvalue weighted by molar-refractivity contribution is 5.74. The number of carbonyl (C=O) groups excluding carboxylic acids is 1. The van der Waals surface area contributed by atoms with Crippen LogP contribution in [0.2, 0.25) is 0 Å². The summed E-state index contributed by atoms with van der Waals surface area (Å²) in [6, 6.07) is -0.128. The Morgan fingerprint density at radius 1 is 1.25 bits per heavy atom. The molecule has 1 saturated carbocycles. The summed E-state index contributed by atoms with van der Waals surface area (Å²) in [7, 11) is 1.64. The monoisotopic (exact) mass is 286 g/mol. The summed E-state index contributed by atoms with van der Waals surface area (Å²) in [4.78, 5) is 22.6. The van der Waals surface area contributed by atoms with Crippen molar-refractivity contribution >= 4 is 12.0 Å². The van der Waals surface area contributed by atoms with Crippen molar-refractivity contribution in [2.24, 2.45) is 11.8 Å². The Morgan fingerprint density at radius 3 is 2.30 bits per heavy atom. The number of hydrogen-bond acceptors (Lipinski definition) is 3. The van der Waals surface area contributed by atoms with Crippen LogP contribution in [0.15, 0.2) is 0 Å². The number of carboxylic acids is 1. The summed E-state index contributed by atoms with van der Waals surface area (Å²) >= 11 is 0. The molecule has 3 N–H and O–H groups in total. The van der Waals surface area contributed by atoms with Crippen LogP contribution in [0.5, 0.6) is 0 Å². The van der Waals surface area contributed by atoms with E-state index in [4.69, 9.17) is 9.84 Å². The van der Waals surface area contributed by atoms with Crippen molar-refractivity contribution in [3.63, 3.8) is 0 Å². The molecule has 1 unspecified atom stereocenters. The zero-order valence-corrected chi connectivity index (χ0v) is 12.5. The van der Waals surface area contributed by atoms with E-state index in [2.05, 4.69) is 10.6 Å². The highest BCUT2D eigenvalue weighted by atomic mass is 16.5. The summed E-state index contributed by atoms with van der Waals surface area (Å²) in [6.45, 7) is 4.56. The zero-order chi connectivity index (χ0) is 15.1. The molecule has 1 fully saturated rings. The number of ether oxygens (including phenoxy) is 1. The molecular weight excluding hydrogens is 260 g/mol. The third-order valence-electron chi connectivity index (χ3n) is 3.92. The van der Waals surface area contributed by atoms with E-state index in [1.54, 1.807) is 7.11 Å². The number of amides is 2. The Bertz CT molecular complexity index is 325. The van der Waals surface area contributed by atoms with Crippen molar-refractivity contribution in [1.29, 1.82) is 0 Å². The van der Waals surface area contributed by atoms with Gasteiger partial charge in [-0.1, -0.05) is 13.8 Å². The Kier molecular flexibility index (Phi) is 6.78. The van der Waals surface area contributed by atoms with Gasteiger partial charge < -0.3 is 20.5 Å². The van der Waals surface area contributed by atoms with Crippen molar-refractivity contribution in [2.75, 3.05) is 13.7 Å². The minimum atomic E-state index is -0.729. The molecule has 0 heterocycles. The van der Waals surface area contributed by atoms with Gasteiger partial charge in [0, 0.05) is 19.7 Å². The van der Waals surface area contributed by atoms with E-state index in [0.29, 0.717) is 25.3 Å². The van der Waals surface area contributed by atoms with E-state index in [-0.39, 0.29) is 24.1 Å². The number of rotatable bonds is 6. The predicted octanol–water partition coefficient (Wildman–Crippen LogP) is 1.60. The minimum absolute atomic E-state index is 0.00324. The number of carbonyl (C=O) groups is 2. The van der Waals surface area contributed by atoms with Gasteiger partial charge in [0.25, 0.3) is 0 Å². The maximum absolute atomic E-state index is 11.8. The van der Waals surface area contributed by atoms with Gasteiger partial charge in [0.1, 0.15) is 0 Å². The van der Waals surface area contributed by atoms with Crippen LogP contribution in [-0.2, 0) is 9.53 Å². The Labute approximate surface area is 120 Å². The first-order valence-corrected chi connectivity index (χ1v) is 7.24. The zero-order valence-electron chi connectivity index (χ0n) is 12.5. The average Bonchev–Trinajstić information content (AvgIpc) is 2.39. The number of methoxy groups -OCH3 is 1. The van der Waals surface area contributed by atoms with Crippen molar-refractivity contribution in [3.8, 4) is 0 Å². The predicted molar refractivity (Wildman–Crippen MR) is 75.6 cm³/mol. The maximum Gasteiger partial charge on any atom is 0.315 e. The van der Waals surface area contributed by atoms with Gasteiger partial charge in [-0.05, 0) is 31.6 Å². The fraction of sp³-hybridized carbons (Fsp3) is 0.857. The number of hydrogen-bond donors (Lipinski definition) is 3. The third kappa shape index (κ3) is 5.36. The molecule has 1 aliphatic carbocycles. The summed E-state index contributed by atoms with van der Waals surface area (Å²) in [5, 5.41) is 14.6. The van der Waals surface area contributed by atoms with Crippen LogP contribution in [-0.4, -0.2) is 42.9 Å². The second kappa shape index (κ2) is 8.09. The topological polar surface area (TPSA) is 87.7 Å². The Balaban J connectivity index is 2.25. The van der Waals surface area contributed by atoms with Crippen LogP contribution in [0.1, 0.15) is 39.5 Å². The molecule has 0 aliphatic heterocycles. The normalized spacial score (nSPS) is 24.2. The van der Waals surface area contributed by atoms with Crippen LogP contribution in [0.4, 0.5) is 4.79 Å². The van der Waals surface area contributed by atoms with Gasteiger partial charge >= 0.3 is 12.0 Å². The average molecular weight is 286 g/mol. The SMILES string of the molecule is COC(CNC(=O)NC1CCC(C(=O)O)CC1)C(C)C. The summed E-state index contributed by atoms with van der Waals surface area (Å²) in [5.41, 5.74) is 0. The highest BCUT2D eigenvalue weighted by Gasteiger charge is 2.26. The first-order valence-electron chi connectivity index (χ1n) is 7.24. The number of aliphatic carboxylic acids is 1. The largest absolute Gasteiger partial charge is 0.481 e. The van der Waals surface area contributed by atoms with E-state index in [1.165, 1.54) is 0 Å². The lowest BCUT2D eigenvalue weighted by molar-refractivity contribution is -0.142. The quantitative estimate of drug-likeness (QED) is 0.692. The molecule has 20 heavy (non-hydrogen) atoms. The fourth-order valence-electron chi connectivity index (χ4n) is 2.51. The van der Waals surface area contributed by atoms with Gasteiger partial charge in [-0.3, -0.25) is 4.79 Å². The number of nitrogens with one attached hydrogen (secondary N) is 2. The fourth-order valence-corrected chi connectivity index (χ4v) is 2.51. The molecule has 0 saturated heterocycles. The summed E-state index contributed by atoms with van der Waals surface area (Å²) in [6.07, 6.45) is 2.72. The first kappa shape index (κ1) is 16.8. The van der Waals surface area contributed by atoms with E-state index in [1.807, 2.05) is 13.8 Å². The molecule has 0 spiro atoms. The maximum atomic E-state index is 11.8. The molecule has 6 heteroatoms. The lowest BCUT2D eigenvalue weighted by Crippen LogP contribution is -2.46. The number of carboxylic acid groups (broad SMARTS) is 1. The molecule has 1 aliphatic rings. The van der Waals surface area contributed by atoms with Gasteiger partial charge in [-0.25, -0.2) is 4.79 Å². The van der Waals surface area contributed by atoms with Crippen molar-refractivity contribution in [1.82, 2.24) is 10.6 Å². The molecule has 0 aromatic rings. The van der Waals surface area contributed by atoms with Crippen molar-refractivity contribution in [3.05, 3.63) is 0 Å². The smallest absolute Gasteiger partial charge is 0.315 e. The molecule has 0 radical (unpaired) electrons. The molecule has 6 nitrogen and oxygen atoms in total. The molecular formula is C14H26N2O4. The van der Waals surface area contributed by atoms with Gasteiger partial charge in [-0.2, -0.15) is 0 Å². The molecule has 0 bridgehead atoms. The van der Waals surface area contributed by atoms with Crippen molar-refractivity contribution in [2.45, 2.75) is 51.7 Å². The van der Waals surface area contributed by atoms with E-state index >= 15 is 0 Å². The molecule has 1 atom stereocenters. The molecule has 0 aromatic carbocycles. The van der Waals surface area contributed by atoms with Gasteiger partial charge in [0.2, 0.25) is 0 Å². The van der Waals surface area contributed by atoms with Crippen LogP contribution < -0.4 is 10.6 Å². The summed E-state index contributed by atoms with van der Waals surface area (Å²) < 4.78 is 5.28. The van der Waals surface area contributed by atoms with Gasteiger partial charge in [-0.15, -0.1) is 0 Å². The minimum Gasteiger partial charge on any atom is -0.481 e. The molecule has 0 aromatic heterocycles. The summed E-state index contributed by atoms with van der Waals surface area (Å²) in [5.74, 6) is -0.644. The standard InChI is InChI=1S/C14H26N2O4/c1-9(2)12(20-3)8-15-14(19)16-11-6-4-10(5-7-11)13(17)18/h9-12H,4-8H2,1-3H3,(H,17,18)(H2,15,16,19). The van der Waals surface area contributed by atoms with Crippen LogP contribution >= 0.6 is 0 Å². The lowest BCUT2D eigenvalue weighted by Gasteiger charge is -2.27. The Morgan fingerprint density at radius 2 is 1.85 bits per heavy atom. The van der Waals surface area contributed by atoms with E-state index < -0.39 is 5.97 Å². The van der Waals surface area contributed by atoms with Crippen LogP contribution in [0.25, 0.3) is 0 Å². The molecule has 1 rings (SSSR count). The van der Waals surface area contributed by atoms with E-state index in [9.17, 15) is 9.59 Å². The highest BCUT2D eigenvalue weighted by Crippen LogP contribution is 2.24. The first-order chi connectivity index (χ1) is 9.43. The van der Waals surface area contributed by atoms with Crippen LogP contribution in [0, 0.1) is 11.8 Å².